The molecule has 0 N–H and O–H groups in total. The van der Waals surface area contributed by atoms with Gasteiger partial charge in [0.25, 0.3) is 0 Å². The van der Waals surface area contributed by atoms with Gasteiger partial charge in [-0.15, -0.1) is 0 Å². The van der Waals surface area contributed by atoms with Gasteiger partial charge in [0.1, 0.15) is 9.84 Å². The number of amides is 1. The zero-order chi connectivity index (χ0) is 18.0. The molecule has 138 valence electrons. The third kappa shape index (κ3) is 4.64. The fourth-order valence-electron chi connectivity index (χ4n) is 3.26. The lowest BCUT2D eigenvalue weighted by atomic mass is 10.1. The average Bonchev–Trinajstić information content (AvgIpc) is 3.01. The molecular formula is C17H24N2O5S. The Morgan fingerprint density at radius 2 is 1.84 bits per heavy atom. The van der Waals surface area contributed by atoms with Crippen molar-refractivity contribution in [3.63, 3.8) is 0 Å². The Labute approximate surface area is 148 Å². The highest BCUT2D eigenvalue weighted by atomic mass is 32.2. The van der Waals surface area contributed by atoms with Gasteiger partial charge < -0.3 is 14.4 Å². The SMILES string of the molecule is CC(CS(C)(=O)=O)C(=O)N1CCN(Cc2ccc3c(c2)OCO3)CC1. The number of carbonyl (C=O) groups is 1. The van der Waals surface area contributed by atoms with Crippen LogP contribution in [-0.4, -0.2) is 69.1 Å². The van der Waals surface area contributed by atoms with E-state index in [0.29, 0.717) is 13.1 Å². The smallest absolute Gasteiger partial charge is 0.231 e. The van der Waals surface area contributed by atoms with Crippen LogP contribution in [0.15, 0.2) is 18.2 Å². The molecule has 0 spiro atoms. The predicted octanol–water partition coefficient (Wildman–Crippen LogP) is 0.740. The van der Waals surface area contributed by atoms with Crippen LogP contribution in [0.3, 0.4) is 0 Å². The summed E-state index contributed by atoms with van der Waals surface area (Å²) in [5.41, 5.74) is 1.15. The summed E-state index contributed by atoms with van der Waals surface area (Å²) in [6.07, 6.45) is 1.17. The molecule has 1 saturated heterocycles. The number of nitrogens with zero attached hydrogens (tertiary/aromatic N) is 2. The van der Waals surface area contributed by atoms with Crippen LogP contribution < -0.4 is 9.47 Å². The lowest BCUT2D eigenvalue weighted by Gasteiger charge is -2.36. The summed E-state index contributed by atoms with van der Waals surface area (Å²) in [5.74, 6) is 0.895. The van der Waals surface area contributed by atoms with E-state index >= 15 is 0 Å². The molecule has 2 aliphatic rings. The van der Waals surface area contributed by atoms with E-state index in [9.17, 15) is 13.2 Å². The van der Waals surface area contributed by atoms with Crippen molar-refractivity contribution in [3.8, 4) is 11.5 Å². The predicted molar refractivity (Wildman–Crippen MR) is 93.3 cm³/mol. The van der Waals surface area contributed by atoms with Crippen molar-refractivity contribution in [2.24, 2.45) is 5.92 Å². The fraction of sp³-hybridized carbons (Fsp3) is 0.588. The molecule has 2 heterocycles. The number of fused-ring (bicyclic) bond motifs is 1. The van der Waals surface area contributed by atoms with E-state index in [1.54, 1.807) is 11.8 Å². The molecule has 25 heavy (non-hydrogen) atoms. The normalized spacial score (nSPS) is 19.0. The third-order valence-corrected chi connectivity index (χ3v) is 5.61. The Hall–Kier alpha value is -1.80. The second kappa shape index (κ2) is 7.21. The summed E-state index contributed by atoms with van der Waals surface area (Å²) in [5, 5.41) is 0. The molecule has 1 unspecified atom stereocenters. The van der Waals surface area contributed by atoms with Crippen molar-refractivity contribution in [2.45, 2.75) is 13.5 Å². The third-order valence-electron chi connectivity index (χ3n) is 4.50. The first kappa shape index (κ1) is 18.0. The Balaban J connectivity index is 1.51. The monoisotopic (exact) mass is 368 g/mol. The topological polar surface area (TPSA) is 76.2 Å². The van der Waals surface area contributed by atoms with Crippen molar-refractivity contribution in [3.05, 3.63) is 23.8 Å². The standard InChI is InChI=1S/C17H24N2O5S/c1-13(11-25(2,21)22)17(20)19-7-5-18(6-8-19)10-14-3-4-15-16(9-14)24-12-23-15/h3-4,9,13H,5-8,10-12H2,1-2H3. The summed E-state index contributed by atoms with van der Waals surface area (Å²) < 4.78 is 33.5. The van der Waals surface area contributed by atoms with Crippen molar-refractivity contribution >= 4 is 15.7 Å². The second-order valence-electron chi connectivity index (χ2n) is 6.78. The zero-order valence-electron chi connectivity index (χ0n) is 14.6. The molecule has 3 rings (SSSR count). The van der Waals surface area contributed by atoms with Crippen LogP contribution in [0.5, 0.6) is 11.5 Å². The van der Waals surface area contributed by atoms with Crippen molar-refractivity contribution in [1.82, 2.24) is 9.80 Å². The highest BCUT2D eigenvalue weighted by Crippen LogP contribution is 2.32. The van der Waals surface area contributed by atoms with Crippen LogP contribution >= 0.6 is 0 Å². The molecule has 1 aromatic rings. The summed E-state index contributed by atoms with van der Waals surface area (Å²) in [7, 11) is -3.14. The maximum Gasteiger partial charge on any atom is 0.231 e. The molecule has 0 saturated carbocycles. The molecule has 8 heteroatoms. The molecule has 1 amide bonds. The fourth-order valence-corrected chi connectivity index (χ4v) is 4.31. The van der Waals surface area contributed by atoms with Crippen LogP contribution in [0, 0.1) is 5.92 Å². The minimum absolute atomic E-state index is 0.0758. The number of benzene rings is 1. The lowest BCUT2D eigenvalue weighted by molar-refractivity contribution is -0.136. The molecule has 1 atom stereocenters. The first-order valence-electron chi connectivity index (χ1n) is 8.39. The van der Waals surface area contributed by atoms with Gasteiger partial charge in [0, 0.05) is 44.9 Å². The number of sulfone groups is 1. The molecule has 0 bridgehead atoms. The summed E-state index contributed by atoms with van der Waals surface area (Å²) in [6.45, 7) is 5.53. The van der Waals surface area contributed by atoms with Crippen LogP contribution in [0.25, 0.3) is 0 Å². The van der Waals surface area contributed by atoms with E-state index in [-0.39, 0.29) is 18.5 Å². The lowest BCUT2D eigenvalue weighted by Crippen LogP contribution is -2.50. The first-order chi connectivity index (χ1) is 11.8. The summed E-state index contributed by atoms with van der Waals surface area (Å²) in [4.78, 5) is 16.4. The van der Waals surface area contributed by atoms with E-state index < -0.39 is 15.8 Å². The van der Waals surface area contributed by atoms with Crippen LogP contribution in [0.2, 0.25) is 0 Å². The van der Waals surface area contributed by atoms with Crippen LogP contribution in [-0.2, 0) is 21.2 Å². The minimum Gasteiger partial charge on any atom is -0.454 e. The number of piperazine rings is 1. The van der Waals surface area contributed by atoms with Gasteiger partial charge >= 0.3 is 0 Å². The van der Waals surface area contributed by atoms with Gasteiger partial charge in [-0.05, 0) is 17.7 Å². The van der Waals surface area contributed by atoms with Crippen LogP contribution in [0.1, 0.15) is 12.5 Å². The highest BCUT2D eigenvalue weighted by Gasteiger charge is 2.27. The molecule has 1 fully saturated rings. The van der Waals surface area contributed by atoms with Gasteiger partial charge in [-0.1, -0.05) is 13.0 Å². The molecule has 0 aromatic heterocycles. The number of carbonyl (C=O) groups excluding carboxylic acids is 1. The highest BCUT2D eigenvalue weighted by molar-refractivity contribution is 7.90. The maximum atomic E-state index is 12.4. The molecule has 2 aliphatic heterocycles. The molecule has 7 nitrogen and oxygen atoms in total. The number of ether oxygens (including phenoxy) is 2. The van der Waals surface area contributed by atoms with Crippen LogP contribution in [0.4, 0.5) is 0 Å². The van der Waals surface area contributed by atoms with Gasteiger partial charge in [0.05, 0.1) is 5.75 Å². The summed E-state index contributed by atoms with van der Waals surface area (Å²) >= 11 is 0. The maximum absolute atomic E-state index is 12.4. The average molecular weight is 368 g/mol. The minimum atomic E-state index is -3.14. The quantitative estimate of drug-likeness (QED) is 0.763. The zero-order valence-corrected chi connectivity index (χ0v) is 15.4. The Kier molecular flexibility index (Phi) is 5.19. The summed E-state index contributed by atoms with van der Waals surface area (Å²) in [6, 6.07) is 5.94. The van der Waals surface area contributed by atoms with Crippen molar-refractivity contribution in [1.29, 1.82) is 0 Å². The van der Waals surface area contributed by atoms with Gasteiger partial charge in [-0.2, -0.15) is 0 Å². The largest absolute Gasteiger partial charge is 0.454 e. The Morgan fingerprint density at radius 3 is 2.52 bits per heavy atom. The van der Waals surface area contributed by atoms with Gasteiger partial charge in [0.2, 0.25) is 12.7 Å². The van der Waals surface area contributed by atoms with E-state index in [2.05, 4.69) is 4.90 Å². The van der Waals surface area contributed by atoms with E-state index in [1.807, 2.05) is 18.2 Å². The van der Waals surface area contributed by atoms with Crippen molar-refractivity contribution < 1.29 is 22.7 Å². The molecule has 1 aromatic carbocycles. The Morgan fingerprint density at radius 1 is 1.16 bits per heavy atom. The van der Waals surface area contributed by atoms with E-state index in [1.165, 1.54) is 6.26 Å². The van der Waals surface area contributed by atoms with E-state index in [0.717, 1.165) is 36.7 Å². The van der Waals surface area contributed by atoms with Crippen molar-refractivity contribution in [2.75, 3.05) is 45.0 Å². The molecular weight excluding hydrogens is 344 g/mol. The first-order valence-corrected chi connectivity index (χ1v) is 10.5. The number of hydrogen-bond donors (Lipinski definition) is 0. The molecule has 0 radical (unpaired) electrons. The Bertz CT molecular complexity index is 741. The second-order valence-corrected chi connectivity index (χ2v) is 8.97. The number of rotatable bonds is 5. The van der Waals surface area contributed by atoms with E-state index in [4.69, 9.17) is 9.47 Å². The molecule has 0 aliphatic carbocycles. The van der Waals surface area contributed by atoms with Gasteiger partial charge in [-0.25, -0.2) is 8.42 Å². The van der Waals surface area contributed by atoms with Gasteiger partial charge in [-0.3, -0.25) is 9.69 Å². The van der Waals surface area contributed by atoms with Gasteiger partial charge in [0.15, 0.2) is 11.5 Å². The number of hydrogen-bond acceptors (Lipinski definition) is 6.